The number of H-pyrrole nitrogens is 1. The third-order valence-electron chi connectivity index (χ3n) is 6.39. The summed E-state index contributed by atoms with van der Waals surface area (Å²) in [5.41, 5.74) is 5.28. The fourth-order valence-corrected chi connectivity index (χ4v) is 5.86. The van der Waals surface area contributed by atoms with Crippen molar-refractivity contribution in [3.63, 3.8) is 0 Å². The second-order valence-corrected chi connectivity index (χ2v) is 12.6. The van der Waals surface area contributed by atoms with Crippen molar-refractivity contribution in [2.24, 2.45) is 0 Å². The number of imidazole rings is 1. The molecule has 4 rings (SSSR count). The molecule has 3 aromatic heterocycles. The van der Waals surface area contributed by atoms with E-state index in [4.69, 9.17) is 38.5 Å². The lowest BCUT2D eigenvalue weighted by Crippen LogP contribution is -2.40. The number of methoxy groups -OCH3 is 1. The van der Waals surface area contributed by atoms with E-state index in [0.29, 0.717) is 11.2 Å². The molecule has 21 heteroatoms. The van der Waals surface area contributed by atoms with Crippen LogP contribution in [-0.2, 0) is 53.6 Å². The highest BCUT2D eigenvalue weighted by Gasteiger charge is 2.41. The Kier molecular flexibility index (Phi) is 11.5. The van der Waals surface area contributed by atoms with Gasteiger partial charge < -0.3 is 29.4 Å². The Morgan fingerprint density at radius 1 is 1.20 bits per heavy atom. The summed E-state index contributed by atoms with van der Waals surface area (Å²) in [6.45, 7) is -3.22. The van der Waals surface area contributed by atoms with Gasteiger partial charge in [0, 0.05) is 39.6 Å². The van der Waals surface area contributed by atoms with Crippen LogP contribution in [0.15, 0.2) is 34.5 Å². The van der Waals surface area contributed by atoms with Crippen molar-refractivity contribution in [3.05, 3.63) is 45.8 Å². The molecule has 0 spiro atoms. The Morgan fingerprint density at radius 3 is 2.67 bits per heavy atom. The van der Waals surface area contributed by atoms with Gasteiger partial charge in [0.2, 0.25) is 0 Å². The van der Waals surface area contributed by atoms with Crippen LogP contribution in [0.5, 0.6) is 0 Å². The molecule has 1 saturated heterocycles. The summed E-state index contributed by atoms with van der Waals surface area (Å²) in [5, 5.41) is 0. The average molecular weight is 674 g/mol. The number of carbonyl (C=O) groups excluding carboxylic acids is 2. The first-order valence-electron chi connectivity index (χ1n) is 13.3. The van der Waals surface area contributed by atoms with Gasteiger partial charge >= 0.3 is 24.4 Å². The number of anilines is 1. The Labute approximate surface area is 260 Å². The van der Waals surface area contributed by atoms with Crippen LogP contribution in [0.2, 0.25) is 0 Å². The largest absolute Gasteiger partial charge is 0.463 e. The SMILES string of the molecule is COC[C@@H](OP(=O)(S)OC[C@H]1O[C@@H](n2cnc3c(N)ncnc32)C[C@H]1OC(C)=O)[C@@H](COC(C)=O)OCn1ccc(=O)[nH]c1=O. The number of aromatic nitrogens is 6. The third kappa shape index (κ3) is 9.19. The van der Waals surface area contributed by atoms with Gasteiger partial charge in [-0.15, -0.1) is 0 Å². The summed E-state index contributed by atoms with van der Waals surface area (Å²) in [7, 11) is 1.34. The first kappa shape index (κ1) is 34.2. The van der Waals surface area contributed by atoms with E-state index in [9.17, 15) is 23.7 Å². The fourth-order valence-electron chi connectivity index (χ4n) is 4.36. The number of thiol groups is 1. The first-order valence-corrected chi connectivity index (χ1v) is 16.0. The summed E-state index contributed by atoms with van der Waals surface area (Å²) in [6, 6.07) is 1.11. The lowest BCUT2D eigenvalue weighted by atomic mass is 10.2. The van der Waals surface area contributed by atoms with E-state index in [0.717, 1.165) is 10.6 Å². The van der Waals surface area contributed by atoms with Gasteiger partial charge in [0.05, 0.1) is 19.5 Å². The molecule has 45 heavy (non-hydrogen) atoms. The maximum atomic E-state index is 13.4. The number of ether oxygens (including phenoxy) is 5. The molecule has 4 heterocycles. The summed E-state index contributed by atoms with van der Waals surface area (Å²) in [6.07, 6.45) is -0.661. The predicted molar refractivity (Wildman–Crippen MR) is 156 cm³/mol. The molecule has 3 aromatic rings. The van der Waals surface area contributed by atoms with E-state index >= 15 is 0 Å². The number of nitrogens with one attached hydrogen (secondary N) is 1. The lowest BCUT2D eigenvalue weighted by Gasteiger charge is -2.29. The van der Waals surface area contributed by atoms with Crippen LogP contribution in [0.25, 0.3) is 11.2 Å². The van der Waals surface area contributed by atoms with Gasteiger partial charge in [0.1, 0.15) is 55.8 Å². The van der Waals surface area contributed by atoms with Crippen LogP contribution < -0.4 is 17.0 Å². The Bertz CT molecular complexity index is 1660. The van der Waals surface area contributed by atoms with Crippen molar-refractivity contribution in [3.8, 4) is 0 Å². The maximum Gasteiger partial charge on any atom is 0.386 e. The van der Waals surface area contributed by atoms with E-state index in [2.05, 4.69) is 32.2 Å². The molecule has 246 valence electrons. The monoisotopic (exact) mass is 673 g/mol. The standard InChI is InChI=1S/C24H32N7O12PS/c1-13(32)38-8-16(39-12-30-5-4-19(34)29-24(30)35)18(7-37-3)43-44(36,45)40-9-17-15(41-14(2)33)6-20(42-17)31-11-28-21-22(25)26-10-27-23(21)31/h4-5,10-11,15-18,20H,6-9,12H2,1-3H3,(H,36,45)(H2,25,26,27)(H,29,34,35)/t15-,16-,17-,18-,20-,44?/m1/s1. The zero-order valence-electron chi connectivity index (χ0n) is 24.3. The molecule has 1 unspecified atom stereocenters. The Balaban J connectivity index is 1.46. The minimum Gasteiger partial charge on any atom is -0.463 e. The molecule has 0 aromatic carbocycles. The average Bonchev–Trinajstić information content (AvgIpc) is 3.57. The molecule has 3 N–H and O–H groups in total. The van der Waals surface area contributed by atoms with Crippen LogP contribution in [0.3, 0.4) is 0 Å². The van der Waals surface area contributed by atoms with Crippen molar-refractivity contribution < 1.29 is 46.9 Å². The summed E-state index contributed by atoms with van der Waals surface area (Å²) in [5.74, 6) is -1.04. The topological polar surface area (TPSA) is 240 Å². The van der Waals surface area contributed by atoms with Gasteiger partial charge in [-0.25, -0.2) is 24.3 Å². The number of carbonyl (C=O) groups is 2. The van der Waals surface area contributed by atoms with Crippen LogP contribution in [0, 0.1) is 0 Å². The van der Waals surface area contributed by atoms with Crippen molar-refractivity contribution in [1.29, 1.82) is 0 Å². The van der Waals surface area contributed by atoms with Crippen molar-refractivity contribution in [2.45, 2.75) is 57.6 Å². The van der Waals surface area contributed by atoms with Gasteiger partial charge in [0.15, 0.2) is 11.5 Å². The molecule has 0 saturated carbocycles. The summed E-state index contributed by atoms with van der Waals surface area (Å²) >= 11 is 4.09. The van der Waals surface area contributed by atoms with Crippen molar-refractivity contribution >= 4 is 48.0 Å². The second-order valence-electron chi connectivity index (χ2n) is 9.68. The molecule has 1 aliphatic rings. The Hall–Kier alpha value is -3.65. The van der Waals surface area contributed by atoms with Gasteiger partial charge in [-0.1, -0.05) is 12.2 Å². The van der Waals surface area contributed by atoms with Gasteiger partial charge in [0.25, 0.3) is 5.56 Å². The van der Waals surface area contributed by atoms with E-state index in [1.165, 1.54) is 39.8 Å². The minimum absolute atomic E-state index is 0.175. The first-order chi connectivity index (χ1) is 21.4. The quantitative estimate of drug-likeness (QED) is 0.111. The van der Waals surface area contributed by atoms with Gasteiger partial charge in [-0.05, 0) is 0 Å². The molecule has 1 fully saturated rings. The van der Waals surface area contributed by atoms with Crippen LogP contribution in [0.4, 0.5) is 5.82 Å². The highest BCUT2D eigenvalue weighted by Crippen LogP contribution is 2.55. The van der Waals surface area contributed by atoms with Gasteiger partial charge in [-0.3, -0.25) is 37.5 Å². The molecule has 6 atom stereocenters. The zero-order valence-corrected chi connectivity index (χ0v) is 26.1. The number of rotatable bonds is 15. The lowest BCUT2D eigenvalue weighted by molar-refractivity contribution is -0.153. The number of hydrogen-bond donors (Lipinski definition) is 3. The molecule has 0 aliphatic carbocycles. The number of fused-ring (bicyclic) bond motifs is 1. The number of hydrogen-bond acceptors (Lipinski definition) is 16. The maximum absolute atomic E-state index is 13.4. The van der Waals surface area contributed by atoms with Crippen LogP contribution in [-0.4, -0.2) is 92.4 Å². The highest BCUT2D eigenvalue weighted by atomic mass is 32.7. The third-order valence-corrected chi connectivity index (χ3v) is 8.03. The second kappa shape index (κ2) is 15.1. The molecule has 0 amide bonds. The van der Waals surface area contributed by atoms with E-state index < -0.39 is 67.4 Å². The number of esters is 2. The van der Waals surface area contributed by atoms with Gasteiger partial charge in [-0.2, -0.15) is 0 Å². The molecular formula is C24H32N7O12PS. The number of nitrogen functional groups attached to an aromatic ring is 1. The number of nitrogens with two attached hydrogens (primary N) is 1. The molecular weight excluding hydrogens is 641 g/mol. The van der Waals surface area contributed by atoms with Crippen molar-refractivity contribution in [1.82, 2.24) is 29.1 Å². The molecule has 0 radical (unpaired) electrons. The smallest absolute Gasteiger partial charge is 0.386 e. The minimum atomic E-state index is -4.23. The predicted octanol–water partition coefficient (Wildman–Crippen LogP) is 0.170. The number of aromatic amines is 1. The molecule has 19 nitrogen and oxygen atoms in total. The normalized spacial score (nSPS) is 20.8. The van der Waals surface area contributed by atoms with Crippen LogP contribution >= 0.6 is 19.0 Å². The Morgan fingerprint density at radius 2 is 1.98 bits per heavy atom. The van der Waals surface area contributed by atoms with E-state index in [-0.39, 0.29) is 32.1 Å². The van der Waals surface area contributed by atoms with Crippen molar-refractivity contribution in [2.75, 3.05) is 32.7 Å². The zero-order chi connectivity index (χ0) is 32.7. The molecule has 0 bridgehead atoms. The molecule has 1 aliphatic heterocycles. The number of nitrogens with zero attached hydrogens (tertiary/aromatic N) is 5. The fraction of sp³-hybridized carbons (Fsp3) is 0.542. The van der Waals surface area contributed by atoms with Crippen LogP contribution in [0.1, 0.15) is 26.5 Å². The van der Waals surface area contributed by atoms with E-state index in [1.54, 1.807) is 4.57 Å². The summed E-state index contributed by atoms with van der Waals surface area (Å²) < 4.78 is 54.7. The highest BCUT2D eigenvalue weighted by molar-refractivity contribution is 8.44. The van der Waals surface area contributed by atoms with E-state index in [1.807, 2.05) is 0 Å². The summed E-state index contributed by atoms with van der Waals surface area (Å²) in [4.78, 5) is 61.2.